The highest BCUT2D eigenvalue weighted by Gasteiger charge is 2.16. The first-order valence-electron chi connectivity index (χ1n) is 5.39. The lowest BCUT2D eigenvalue weighted by Gasteiger charge is -2.03. The highest BCUT2D eigenvalue weighted by Crippen LogP contribution is 2.21. The molecule has 1 amide bonds. The SMILES string of the molecule is O=C(O)Cc1csc(NC(=O)c2cccc(Cl)c2F)n1. The molecule has 0 spiro atoms. The molecule has 2 aromatic rings. The third-order valence-corrected chi connectivity index (χ3v) is 3.40. The average Bonchev–Trinajstić information content (AvgIpc) is 2.79. The van der Waals surface area contributed by atoms with Crippen molar-refractivity contribution in [3.8, 4) is 0 Å². The number of rotatable bonds is 4. The predicted molar refractivity (Wildman–Crippen MR) is 72.8 cm³/mol. The number of carboxylic acid groups (broad SMARTS) is 1. The van der Waals surface area contributed by atoms with Gasteiger partial charge in [0.2, 0.25) is 0 Å². The van der Waals surface area contributed by atoms with Crippen molar-refractivity contribution in [3.63, 3.8) is 0 Å². The molecule has 0 aliphatic carbocycles. The van der Waals surface area contributed by atoms with E-state index < -0.39 is 17.7 Å². The molecule has 0 atom stereocenters. The Morgan fingerprint density at radius 2 is 2.20 bits per heavy atom. The lowest BCUT2D eigenvalue weighted by atomic mass is 10.2. The van der Waals surface area contributed by atoms with Gasteiger partial charge in [-0.25, -0.2) is 9.37 Å². The number of aromatic nitrogens is 1. The van der Waals surface area contributed by atoms with Crippen LogP contribution in [-0.2, 0) is 11.2 Å². The van der Waals surface area contributed by atoms with Crippen molar-refractivity contribution in [1.29, 1.82) is 0 Å². The van der Waals surface area contributed by atoms with Gasteiger partial charge in [-0.2, -0.15) is 0 Å². The molecule has 8 heteroatoms. The van der Waals surface area contributed by atoms with Crippen LogP contribution in [0.15, 0.2) is 23.6 Å². The average molecular weight is 315 g/mol. The first-order valence-corrected chi connectivity index (χ1v) is 6.64. The molecule has 104 valence electrons. The van der Waals surface area contributed by atoms with Crippen LogP contribution >= 0.6 is 22.9 Å². The Bertz CT molecular complexity index is 674. The van der Waals surface area contributed by atoms with Gasteiger partial charge < -0.3 is 5.11 Å². The van der Waals surface area contributed by atoms with E-state index >= 15 is 0 Å². The molecule has 1 aromatic heterocycles. The Kier molecular flexibility index (Phi) is 4.31. The monoisotopic (exact) mass is 314 g/mol. The Morgan fingerprint density at radius 1 is 1.45 bits per heavy atom. The number of halogens is 2. The Hall–Kier alpha value is -1.99. The maximum atomic E-state index is 13.6. The van der Waals surface area contributed by atoms with Crippen LogP contribution in [0.2, 0.25) is 5.02 Å². The van der Waals surface area contributed by atoms with Crippen molar-refractivity contribution in [3.05, 3.63) is 45.7 Å². The molecule has 1 heterocycles. The summed E-state index contributed by atoms with van der Waals surface area (Å²) in [5.74, 6) is -2.52. The number of nitrogens with one attached hydrogen (secondary N) is 1. The second-order valence-electron chi connectivity index (χ2n) is 3.77. The van der Waals surface area contributed by atoms with E-state index in [4.69, 9.17) is 16.7 Å². The van der Waals surface area contributed by atoms with Crippen LogP contribution in [-0.4, -0.2) is 22.0 Å². The van der Waals surface area contributed by atoms with Gasteiger partial charge in [-0.3, -0.25) is 14.9 Å². The predicted octanol–water partition coefficient (Wildman–Crippen LogP) is 2.82. The summed E-state index contributed by atoms with van der Waals surface area (Å²) in [6, 6.07) is 4.09. The van der Waals surface area contributed by atoms with E-state index in [1.807, 2.05) is 0 Å². The third-order valence-electron chi connectivity index (χ3n) is 2.30. The van der Waals surface area contributed by atoms with Crippen molar-refractivity contribution < 1.29 is 19.1 Å². The van der Waals surface area contributed by atoms with Crippen LogP contribution in [0.4, 0.5) is 9.52 Å². The second kappa shape index (κ2) is 5.98. The number of carbonyl (C=O) groups excluding carboxylic acids is 1. The second-order valence-corrected chi connectivity index (χ2v) is 5.04. The molecule has 0 aliphatic heterocycles. The maximum Gasteiger partial charge on any atom is 0.309 e. The van der Waals surface area contributed by atoms with Crippen molar-refractivity contribution in [2.45, 2.75) is 6.42 Å². The van der Waals surface area contributed by atoms with E-state index in [1.54, 1.807) is 0 Å². The van der Waals surface area contributed by atoms with Gasteiger partial charge in [0.05, 0.1) is 22.7 Å². The van der Waals surface area contributed by atoms with Gasteiger partial charge in [0.1, 0.15) is 0 Å². The molecule has 5 nitrogen and oxygen atoms in total. The van der Waals surface area contributed by atoms with Crippen molar-refractivity contribution >= 4 is 39.9 Å². The van der Waals surface area contributed by atoms with E-state index in [-0.39, 0.29) is 22.1 Å². The fourth-order valence-corrected chi connectivity index (χ4v) is 2.32. The largest absolute Gasteiger partial charge is 0.481 e. The lowest BCUT2D eigenvalue weighted by molar-refractivity contribution is -0.136. The number of hydrogen-bond donors (Lipinski definition) is 2. The van der Waals surface area contributed by atoms with Crippen molar-refractivity contribution in [2.75, 3.05) is 5.32 Å². The summed E-state index contributed by atoms with van der Waals surface area (Å²) < 4.78 is 13.6. The van der Waals surface area contributed by atoms with Gasteiger partial charge in [0.15, 0.2) is 10.9 Å². The van der Waals surface area contributed by atoms with E-state index in [2.05, 4.69) is 10.3 Å². The van der Waals surface area contributed by atoms with E-state index in [9.17, 15) is 14.0 Å². The van der Waals surface area contributed by atoms with Crippen LogP contribution < -0.4 is 5.32 Å². The zero-order valence-electron chi connectivity index (χ0n) is 9.89. The molecule has 0 saturated carbocycles. The van der Waals surface area contributed by atoms with Crippen LogP contribution in [0.5, 0.6) is 0 Å². The molecule has 2 rings (SSSR count). The van der Waals surface area contributed by atoms with Crippen LogP contribution in [0.3, 0.4) is 0 Å². The maximum absolute atomic E-state index is 13.6. The number of nitrogens with zero attached hydrogens (tertiary/aromatic N) is 1. The number of benzene rings is 1. The van der Waals surface area contributed by atoms with E-state index in [0.717, 1.165) is 11.3 Å². The van der Waals surface area contributed by atoms with Gasteiger partial charge >= 0.3 is 5.97 Å². The van der Waals surface area contributed by atoms with E-state index in [1.165, 1.54) is 23.6 Å². The smallest absolute Gasteiger partial charge is 0.309 e. The lowest BCUT2D eigenvalue weighted by Crippen LogP contribution is -2.14. The molecule has 0 bridgehead atoms. The number of hydrogen-bond acceptors (Lipinski definition) is 4. The number of aliphatic carboxylic acids is 1. The molecule has 0 radical (unpaired) electrons. The molecule has 0 unspecified atom stereocenters. The number of thiazole rings is 1. The Morgan fingerprint density at radius 3 is 2.90 bits per heavy atom. The molecule has 20 heavy (non-hydrogen) atoms. The molecule has 0 aliphatic rings. The zero-order chi connectivity index (χ0) is 14.7. The molecule has 0 saturated heterocycles. The number of carbonyl (C=O) groups is 2. The van der Waals surface area contributed by atoms with Gasteiger partial charge in [-0.1, -0.05) is 17.7 Å². The summed E-state index contributed by atoms with van der Waals surface area (Å²) >= 11 is 6.65. The summed E-state index contributed by atoms with van der Waals surface area (Å²) in [4.78, 5) is 26.3. The molecular weight excluding hydrogens is 307 g/mol. The van der Waals surface area contributed by atoms with Gasteiger partial charge in [-0.15, -0.1) is 11.3 Å². The highest BCUT2D eigenvalue weighted by molar-refractivity contribution is 7.14. The molecule has 0 fully saturated rings. The highest BCUT2D eigenvalue weighted by atomic mass is 35.5. The normalized spacial score (nSPS) is 10.3. The first-order chi connectivity index (χ1) is 9.47. The minimum Gasteiger partial charge on any atom is -0.481 e. The van der Waals surface area contributed by atoms with Crippen molar-refractivity contribution in [1.82, 2.24) is 4.98 Å². The van der Waals surface area contributed by atoms with Gasteiger partial charge in [-0.05, 0) is 12.1 Å². The summed E-state index contributed by atoms with van der Waals surface area (Å²) in [5, 5.41) is 12.6. The van der Waals surface area contributed by atoms with Gasteiger partial charge in [0, 0.05) is 5.38 Å². The summed E-state index contributed by atoms with van der Waals surface area (Å²) in [7, 11) is 0. The Balaban J connectivity index is 2.13. The minimum atomic E-state index is -1.02. The zero-order valence-corrected chi connectivity index (χ0v) is 11.5. The summed E-state index contributed by atoms with van der Waals surface area (Å²) in [5.41, 5.74) is 0.122. The standard InChI is InChI=1S/C12H8ClFN2O3S/c13-8-3-1-2-7(10(8)14)11(19)16-12-15-6(5-20-12)4-9(17)18/h1-3,5H,4H2,(H,17,18)(H,15,16,19). The third kappa shape index (κ3) is 3.31. The van der Waals surface area contributed by atoms with Crippen molar-refractivity contribution in [2.24, 2.45) is 0 Å². The fourth-order valence-electron chi connectivity index (χ4n) is 1.44. The Labute approximate surface area is 122 Å². The number of anilines is 1. The molecular formula is C12H8ClFN2O3S. The summed E-state index contributed by atoms with van der Waals surface area (Å²) in [6.07, 6.45) is -0.238. The number of carboxylic acids is 1. The quantitative estimate of drug-likeness (QED) is 0.909. The topological polar surface area (TPSA) is 79.3 Å². The van der Waals surface area contributed by atoms with E-state index in [0.29, 0.717) is 5.69 Å². The van der Waals surface area contributed by atoms with Gasteiger partial charge in [0.25, 0.3) is 5.91 Å². The van der Waals surface area contributed by atoms with Crippen LogP contribution in [0.25, 0.3) is 0 Å². The molecule has 2 N–H and O–H groups in total. The number of amides is 1. The summed E-state index contributed by atoms with van der Waals surface area (Å²) in [6.45, 7) is 0. The van der Waals surface area contributed by atoms with Crippen LogP contribution in [0.1, 0.15) is 16.1 Å². The fraction of sp³-hybridized carbons (Fsp3) is 0.0833. The first kappa shape index (κ1) is 14.4. The molecule has 1 aromatic carbocycles. The minimum absolute atomic E-state index is 0.150. The van der Waals surface area contributed by atoms with Crippen LogP contribution in [0, 0.1) is 5.82 Å².